The largest absolute Gasteiger partial charge is 0.448 e. The van der Waals surface area contributed by atoms with Crippen LogP contribution in [0.2, 0.25) is 0 Å². The number of benzene rings is 2. The number of para-hydroxylation sites is 1. The number of hydrogen-bond donors (Lipinski definition) is 1. The molecular weight excluding hydrogens is 549 g/mol. The van der Waals surface area contributed by atoms with Crippen LogP contribution in [-0.4, -0.2) is 66.8 Å². The average molecular weight is 588 g/mol. The van der Waals surface area contributed by atoms with Crippen LogP contribution in [0.5, 0.6) is 0 Å². The maximum atomic E-state index is 15.5. The molecule has 0 atom stereocenters. The Morgan fingerprint density at radius 2 is 1.77 bits per heavy atom. The number of nitrogens with zero attached hydrogens (tertiary/aromatic N) is 4. The maximum absolute atomic E-state index is 15.5. The molecule has 2 aliphatic heterocycles. The van der Waals surface area contributed by atoms with E-state index < -0.39 is 11.7 Å². The van der Waals surface area contributed by atoms with E-state index in [2.05, 4.69) is 34.3 Å². The molecule has 3 heterocycles. The number of rotatable bonds is 11. The number of hydrogen-bond acceptors (Lipinski definition) is 7. The lowest BCUT2D eigenvalue weighted by Gasteiger charge is -2.38. The number of carbonyl (C=O) groups excluding carboxylic acids is 3. The number of unbranched alkanes of at least 4 members (excludes halogenated alkanes) is 1. The average Bonchev–Trinajstić information content (AvgIpc) is 3.59. The number of aromatic nitrogens is 1. The number of nitrogens with one attached hydrogen (secondary N) is 1. The zero-order chi connectivity index (χ0) is 29.9. The molecule has 1 aromatic heterocycles. The van der Waals surface area contributed by atoms with Crippen molar-refractivity contribution in [1.29, 1.82) is 0 Å². The van der Waals surface area contributed by atoms with Gasteiger partial charge >= 0.3 is 0 Å². The highest BCUT2D eigenvalue weighted by molar-refractivity contribution is 6.06. The van der Waals surface area contributed by atoms with Crippen molar-refractivity contribution in [2.75, 3.05) is 54.4 Å². The smallest absolute Gasteiger partial charge is 0.277 e. The lowest BCUT2D eigenvalue weighted by molar-refractivity contribution is -0.127. The standard InChI is InChI=1S/C33H38FN5O4/c1-22-7-2-3-8-28(22)37-15-17-38(18-16-37)29-20-25(34)24(30(40)9-4-5-13-39-14-6-10-31(39)41)19-26(29)35-32(42)27-21-43-33(36-27)23-11-12-23/h2-3,7-8,19-21,23H,4-6,9-18H2,1H3,(H,35,42). The molecule has 3 aromatic rings. The molecule has 226 valence electrons. The van der Waals surface area contributed by atoms with E-state index in [0.29, 0.717) is 56.2 Å². The molecule has 6 rings (SSSR count). The third-order valence-electron chi connectivity index (χ3n) is 8.64. The predicted molar refractivity (Wildman–Crippen MR) is 162 cm³/mol. The summed E-state index contributed by atoms with van der Waals surface area (Å²) in [6.45, 7) is 6.17. The normalized spacial score (nSPS) is 17.1. The number of aryl methyl sites for hydroxylation is 1. The van der Waals surface area contributed by atoms with E-state index in [1.807, 2.05) is 21.9 Å². The quantitative estimate of drug-likeness (QED) is 0.232. The number of carbonyl (C=O) groups is 3. The summed E-state index contributed by atoms with van der Waals surface area (Å²) in [5.41, 5.74) is 3.39. The summed E-state index contributed by atoms with van der Waals surface area (Å²) in [6.07, 6.45) is 6.20. The van der Waals surface area contributed by atoms with Crippen molar-refractivity contribution in [2.24, 2.45) is 0 Å². The summed E-state index contributed by atoms with van der Waals surface area (Å²) >= 11 is 0. The number of Topliss-reactive ketones (excluding diaryl/α,β-unsaturated/α-hetero) is 1. The highest BCUT2D eigenvalue weighted by Gasteiger charge is 2.30. The molecule has 3 aliphatic rings. The molecule has 1 N–H and O–H groups in total. The van der Waals surface area contributed by atoms with E-state index in [9.17, 15) is 14.4 Å². The number of oxazole rings is 1. The molecule has 43 heavy (non-hydrogen) atoms. The predicted octanol–water partition coefficient (Wildman–Crippen LogP) is 5.55. The number of likely N-dealkylation sites (tertiary alicyclic amines) is 1. The fraction of sp³-hybridized carbons (Fsp3) is 0.455. The number of ketones is 1. The molecule has 2 aromatic carbocycles. The molecule has 0 unspecified atom stereocenters. The zero-order valence-corrected chi connectivity index (χ0v) is 24.6. The van der Waals surface area contributed by atoms with Crippen molar-refractivity contribution < 1.29 is 23.2 Å². The molecule has 1 saturated carbocycles. The molecule has 9 nitrogen and oxygen atoms in total. The van der Waals surface area contributed by atoms with E-state index in [4.69, 9.17) is 4.42 Å². The Hall–Kier alpha value is -4.21. The SMILES string of the molecule is Cc1ccccc1N1CCN(c2cc(F)c(C(=O)CCCCN3CCCC3=O)cc2NC(=O)c2coc(C3CC3)n2)CC1. The second-order valence-corrected chi connectivity index (χ2v) is 11.8. The Morgan fingerprint density at radius 3 is 2.47 bits per heavy atom. The first-order chi connectivity index (χ1) is 20.9. The summed E-state index contributed by atoms with van der Waals surface area (Å²) in [5.74, 6) is -0.413. The van der Waals surface area contributed by atoms with Gasteiger partial charge in [0.05, 0.1) is 16.9 Å². The number of piperazine rings is 1. The summed E-state index contributed by atoms with van der Waals surface area (Å²) in [4.78, 5) is 48.8. The van der Waals surface area contributed by atoms with Gasteiger partial charge in [-0.15, -0.1) is 0 Å². The van der Waals surface area contributed by atoms with Gasteiger partial charge in [0.1, 0.15) is 12.1 Å². The summed E-state index contributed by atoms with van der Waals surface area (Å²) in [6, 6.07) is 11.1. The van der Waals surface area contributed by atoms with Crippen LogP contribution >= 0.6 is 0 Å². The van der Waals surface area contributed by atoms with Crippen LogP contribution in [0.4, 0.5) is 21.5 Å². The van der Waals surface area contributed by atoms with Crippen LogP contribution in [0.3, 0.4) is 0 Å². The number of amides is 2. The first-order valence-corrected chi connectivity index (χ1v) is 15.3. The van der Waals surface area contributed by atoms with E-state index in [-0.39, 0.29) is 35.3 Å². The van der Waals surface area contributed by atoms with Gasteiger partial charge in [0.25, 0.3) is 5.91 Å². The molecule has 3 fully saturated rings. The van der Waals surface area contributed by atoms with Crippen molar-refractivity contribution in [3.05, 3.63) is 71.2 Å². The molecule has 1 aliphatic carbocycles. The summed E-state index contributed by atoms with van der Waals surface area (Å²) in [5, 5.41) is 2.90. The van der Waals surface area contributed by atoms with Crippen molar-refractivity contribution in [2.45, 2.75) is 57.8 Å². The number of anilines is 3. The molecule has 0 bridgehead atoms. The van der Waals surface area contributed by atoms with Crippen LogP contribution in [0.15, 0.2) is 47.1 Å². The van der Waals surface area contributed by atoms with Crippen LogP contribution in [-0.2, 0) is 4.79 Å². The molecule has 2 amide bonds. The highest BCUT2D eigenvalue weighted by atomic mass is 19.1. The van der Waals surface area contributed by atoms with Gasteiger partial charge in [-0.25, -0.2) is 9.37 Å². The van der Waals surface area contributed by atoms with Crippen molar-refractivity contribution in [3.8, 4) is 0 Å². The van der Waals surface area contributed by atoms with E-state index in [1.165, 1.54) is 29.6 Å². The van der Waals surface area contributed by atoms with Gasteiger partial charge in [-0.3, -0.25) is 14.4 Å². The van der Waals surface area contributed by atoms with Gasteiger partial charge in [-0.05, 0) is 56.7 Å². The van der Waals surface area contributed by atoms with Gasteiger partial charge in [0.15, 0.2) is 17.4 Å². The van der Waals surface area contributed by atoms with Gasteiger partial charge in [0.2, 0.25) is 5.91 Å². The molecule has 2 saturated heterocycles. The Labute approximate surface area is 251 Å². The topological polar surface area (TPSA) is 99.0 Å². The Bertz CT molecular complexity index is 1510. The Morgan fingerprint density at radius 1 is 1.02 bits per heavy atom. The fourth-order valence-corrected chi connectivity index (χ4v) is 6.00. The van der Waals surface area contributed by atoms with Crippen molar-refractivity contribution >= 4 is 34.7 Å². The van der Waals surface area contributed by atoms with Crippen LogP contribution in [0.25, 0.3) is 0 Å². The molecular formula is C33H38FN5O4. The monoisotopic (exact) mass is 587 g/mol. The van der Waals surface area contributed by atoms with Crippen molar-refractivity contribution in [1.82, 2.24) is 9.88 Å². The van der Waals surface area contributed by atoms with E-state index in [0.717, 1.165) is 38.9 Å². The second kappa shape index (κ2) is 12.6. The second-order valence-electron chi connectivity index (χ2n) is 11.8. The third-order valence-corrected chi connectivity index (χ3v) is 8.64. The zero-order valence-electron chi connectivity index (χ0n) is 24.6. The summed E-state index contributed by atoms with van der Waals surface area (Å²) in [7, 11) is 0. The minimum absolute atomic E-state index is 0.0475. The first-order valence-electron chi connectivity index (χ1n) is 15.3. The lowest BCUT2D eigenvalue weighted by Crippen LogP contribution is -2.47. The maximum Gasteiger partial charge on any atom is 0.277 e. The van der Waals surface area contributed by atoms with Gasteiger partial charge < -0.3 is 24.4 Å². The highest BCUT2D eigenvalue weighted by Crippen LogP contribution is 2.39. The lowest BCUT2D eigenvalue weighted by atomic mass is 10.0. The van der Waals surface area contributed by atoms with Crippen LogP contribution in [0, 0.1) is 12.7 Å². The van der Waals surface area contributed by atoms with Crippen LogP contribution < -0.4 is 15.1 Å². The number of halogens is 1. The van der Waals surface area contributed by atoms with Gasteiger partial charge in [0, 0.05) is 69.8 Å². The molecule has 10 heteroatoms. The van der Waals surface area contributed by atoms with Crippen molar-refractivity contribution in [3.63, 3.8) is 0 Å². The Balaban J connectivity index is 1.18. The fourth-order valence-electron chi connectivity index (χ4n) is 6.00. The minimum Gasteiger partial charge on any atom is -0.448 e. The first kappa shape index (κ1) is 28.9. The Kier molecular flexibility index (Phi) is 8.44. The minimum atomic E-state index is -0.605. The van der Waals surface area contributed by atoms with Crippen LogP contribution in [0.1, 0.15) is 83.2 Å². The molecule has 0 spiro atoms. The summed E-state index contributed by atoms with van der Waals surface area (Å²) < 4.78 is 21.1. The van der Waals surface area contributed by atoms with Gasteiger partial charge in [-0.1, -0.05) is 18.2 Å². The molecule has 0 radical (unpaired) electrons. The van der Waals surface area contributed by atoms with E-state index >= 15 is 4.39 Å². The van der Waals surface area contributed by atoms with Gasteiger partial charge in [-0.2, -0.15) is 0 Å². The van der Waals surface area contributed by atoms with E-state index in [1.54, 1.807) is 0 Å². The third kappa shape index (κ3) is 6.58.